The lowest BCUT2D eigenvalue weighted by atomic mass is 9.97. The van der Waals surface area contributed by atoms with E-state index in [0.717, 1.165) is 0 Å². The van der Waals surface area contributed by atoms with Gasteiger partial charge in [0.2, 0.25) is 0 Å². The van der Waals surface area contributed by atoms with Gasteiger partial charge in [0.05, 0.1) is 28.9 Å². The summed E-state index contributed by atoms with van der Waals surface area (Å²) in [6.07, 6.45) is 1.75. The Kier molecular flexibility index (Phi) is 4.69. The second-order valence-electron chi connectivity index (χ2n) is 7.18. The molecule has 1 aliphatic rings. The summed E-state index contributed by atoms with van der Waals surface area (Å²) in [5.41, 5.74) is -1.12. The van der Waals surface area contributed by atoms with Crippen LogP contribution in [-0.2, 0) is 14.3 Å². The molecule has 0 aliphatic carbocycles. The van der Waals surface area contributed by atoms with E-state index < -0.39 is 17.0 Å². The van der Waals surface area contributed by atoms with Crippen LogP contribution in [0.1, 0.15) is 48.5 Å². The predicted octanol–water partition coefficient (Wildman–Crippen LogP) is 2.53. The summed E-state index contributed by atoms with van der Waals surface area (Å²) in [4.78, 5) is 12.1. The summed E-state index contributed by atoms with van der Waals surface area (Å²) in [5.74, 6) is -0.405. The molecule has 0 fully saturated rings. The first-order chi connectivity index (χ1) is 8.88. The first kappa shape index (κ1) is 17.1. The number of ether oxygens (including phenoxy) is 2. The Morgan fingerprint density at radius 1 is 1.25 bits per heavy atom. The van der Waals surface area contributed by atoms with Gasteiger partial charge in [-0.05, 0) is 48.5 Å². The molecule has 0 aromatic carbocycles. The van der Waals surface area contributed by atoms with Crippen LogP contribution >= 0.6 is 0 Å². The van der Waals surface area contributed by atoms with Crippen molar-refractivity contribution in [3.8, 4) is 0 Å². The third-order valence-electron chi connectivity index (χ3n) is 3.30. The van der Waals surface area contributed by atoms with E-state index in [1.807, 2.05) is 34.6 Å². The van der Waals surface area contributed by atoms with Gasteiger partial charge in [-0.3, -0.25) is 0 Å². The number of hydrogen-bond donors (Lipinski definition) is 1. The summed E-state index contributed by atoms with van der Waals surface area (Å²) in [5, 5.41) is 11.3. The van der Waals surface area contributed by atoms with Gasteiger partial charge < -0.3 is 14.7 Å². The molecule has 0 radical (unpaired) electrons. The number of nitrogens with zero attached hydrogens (tertiary/aromatic N) is 1. The van der Waals surface area contributed by atoms with E-state index in [-0.39, 0.29) is 12.2 Å². The summed E-state index contributed by atoms with van der Waals surface area (Å²) in [6, 6.07) is 0. The molecule has 0 aromatic rings. The molecule has 116 valence electrons. The van der Waals surface area contributed by atoms with Gasteiger partial charge in [0, 0.05) is 0 Å². The van der Waals surface area contributed by atoms with Crippen molar-refractivity contribution in [2.75, 3.05) is 13.2 Å². The van der Waals surface area contributed by atoms with Gasteiger partial charge in [-0.15, -0.1) is 0 Å². The lowest BCUT2D eigenvalue weighted by Crippen LogP contribution is -2.48. The first-order valence-electron chi connectivity index (χ1n) is 6.91. The second kappa shape index (κ2) is 5.47. The average Bonchev–Trinajstić information content (AvgIpc) is 2.44. The Labute approximate surface area is 121 Å². The Balaban J connectivity index is 2.60. The molecule has 0 spiro atoms. The van der Waals surface area contributed by atoms with Crippen molar-refractivity contribution in [3.05, 3.63) is 11.6 Å². The zero-order valence-electron chi connectivity index (χ0n) is 13.6. The molecule has 0 saturated carbocycles. The van der Waals surface area contributed by atoms with Crippen molar-refractivity contribution in [2.24, 2.45) is 0 Å². The minimum absolute atomic E-state index is 0.204. The van der Waals surface area contributed by atoms with Crippen molar-refractivity contribution in [1.29, 1.82) is 0 Å². The molecule has 0 bridgehead atoms. The highest BCUT2D eigenvalue weighted by Gasteiger charge is 2.48. The third-order valence-corrected chi connectivity index (χ3v) is 3.30. The average molecular weight is 285 g/mol. The van der Waals surface area contributed by atoms with Crippen LogP contribution in [0, 0.1) is 0 Å². The van der Waals surface area contributed by atoms with E-state index in [1.165, 1.54) is 5.06 Å². The highest BCUT2D eigenvalue weighted by molar-refractivity contribution is 5.92. The number of hydroxylamine groups is 2. The van der Waals surface area contributed by atoms with Crippen LogP contribution in [-0.4, -0.2) is 46.1 Å². The molecule has 0 unspecified atom stereocenters. The number of carbonyl (C=O) groups excluding carboxylic acids is 1. The molecular formula is C15H27NO4. The Bertz CT molecular complexity index is 405. The number of rotatable bonds is 4. The highest BCUT2D eigenvalue weighted by atomic mass is 16.6. The van der Waals surface area contributed by atoms with Gasteiger partial charge in [0.25, 0.3) is 0 Å². The van der Waals surface area contributed by atoms with E-state index in [9.17, 15) is 10.0 Å². The molecule has 1 N–H and O–H groups in total. The molecule has 0 amide bonds. The normalized spacial score (nSPS) is 21.7. The fourth-order valence-electron chi connectivity index (χ4n) is 2.29. The monoisotopic (exact) mass is 285 g/mol. The summed E-state index contributed by atoms with van der Waals surface area (Å²) in [6.45, 7) is 13.7. The van der Waals surface area contributed by atoms with E-state index >= 15 is 0 Å². The largest absolute Gasteiger partial charge is 0.460 e. The summed E-state index contributed by atoms with van der Waals surface area (Å²) < 4.78 is 10.7. The van der Waals surface area contributed by atoms with Crippen molar-refractivity contribution in [2.45, 2.75) is 65.1 Å². The van der Waals surface area contributed by atoms with E-state index in [4.69, 9.17) is 9.47 Å². The summed E-state index contributed by atoms with van der Waals surface area (Å²) >= 11 is 0. The van der Waals surface area contributed by atoms with Crippen LogP contribution in [0.3, 0.4) is 0 Å². The molecule has 0 aromatic heterocycles. The van der Waals surface area contributed by atoms with E-state index in [0.29, 0.717) is 12.2 Å². The highest BCUT2D eigenvalue weighted by Crippen LogP contribution is 2.38. The van der Waals surface area contributed by atoms with Crippen LogP contribution in [0.15, 0.2) is 11.6 Å². The third kappa shape index (κ3) is 3.81. The first-order valence-corrected chi connectivity index (χ1v) is 6.91. The maximum absolute atomic E-state index is 12.1. The van der Waals surface area contributed by atoms with Crippen LogP contribution in [0.2, 0.25) is 0 Å². The zero-order valence-corrected chi connectivity index (χ0v) is 13.6. The van der Waals surface area contributed by atoms with Crippen molar-refractivity contribution < 1.29 is 19.5 Å². The van der Waals surface area contributed by atoms with Gasteiger partial charge in [0.15, 0.2) is 0 Å². The van der Waals surface area contributed by atoms with Crippen LogP contribution in [0.5, 0.6) is 0 Å². The van der Waals surface area contributed by atoms with Crippen LogP contribution in [0.4, 0.5) is 0 Å². The summed E-state index contributed by atoms with van der Waals surface area (Å²) in [7, 11) is 0. The van der Waals surface area contributed by atoms with Gasteiger partial charge in [-0.1, -0.05) is 6.08 Å². The standard InChI is InChI=1S/C15H27NO4/c1-13(2,3)20-9-8-19-12(17)11-10-14(4,5)16(18)15(11,6)7/h10,18H,8-9H2,1-7H3. The van der Waals surface area contributed by atoms with E-state index in [2.05, 4.69) is 0 Å². The van der Waals surface area contributed by atoms with Crippen molar-refractivity contribution in [1.82, 2.24) is 5.06 Å². The van der Waals surface area contributed by atoms with Crippen molar-refractivity contribution >= 4 is 5.97 Å². The van der Waals surface area contributed by atoms with Crippen LogP contribution < -0.4 is 0 Å². The second-order valence-corrected chi connectivity index (χ2v) is 7.18. The molecule has 0 atom stereocenters. The van der Waals surface area contributed by atoms with Gasteiger partial charge in [-0.25, -0.2) is 4.79 Å². The lowest BCUT2D eigenvalue weighted by molar-refractivity contribution is -0.187. The number of esters is 1. The maximum atomic E-state index is 12.1. The Morgan fingerprint density at radius 2 is 1.80 bits per heavy atom. The number of carbonyl (C=O) groups is 1. The van der Waals surface area contributed by atoms with Crippen LogP contribution in [0.25, 0.3) is 0 Å². The molecule has 1 aliphatic heterocycles. The van der Waals surface area contributed by atoms with E-state index in [1.54, 1.807) is 19.9 Å². The molecular weight excluding hydrogens is 258 g/mol. The minimum atomic E-state index is -0.758. The molecule has 1 heterocycles. The molecule has 1 rings (SSSR count). The quantitative estimate of drug-likeness (QED) is 0.635. The van der Waals surface area contributed by atoms with Gasteiger partial charge in [-0.2, -0.15) is 5.06 Å². The maximum Gasteiger partial charge on any atom is 0.335 e. The predicted molar refractivity (Wildman–Crippen MR) is 76.5 cm³/mol. The van der Waals surface area contributed by atoms with Crippen molar-refractivity contribution in [3.63, 3.8) is 0 Å². The molecule has 5 heteroatoms. The fourth-order valence-corrected chi connectivity index (χ4v) is 2.29. The Morgan fingerprint density at radius 3 is 2.20 bits per heavy atom. The van der Waals surface area contributed by atoms with Gasteiger partial charge >= 0.3 is 5.97 Å². The number of hydrogen-bond acceptors (Lipinski definition) is 5. The molecule has 20 heavy (non-hydrogen) atoms. The minimum Gasteiger partial charge on any atom is -0.460 e. The lowest BCUT2D eigenvalue weighted by Gasteiger charge is -2.35. The smallest absolute Gasteiger partial charge is 0.335 e. The molecule has 0 saturated heterocycles. The zero-order chi connectivity index (χ0) is 15.8. The van der Waals surface area contributed by atoms with Gasteiger partial charge in [0.1, 0.15) is 6.61 Å². The SMILES string of the molecule is CC(C)(C)OCCOC(=O)C1=CC(C)(C)N(O)C1(C)C. The fraction of sp³-hybridized carbons (Fsp3) is 0.800. The Hall–Kier alpha value is -0.910. The molecule has 5 nitrogen and oxygen atoms in total. The topological polar surface area (TPSA) is 59.0 Å².